The van der Waals surface area contributed by atoms with Gasteiger partial charge in [-0.3, -0.25) is 14.4 Å². The van der Waals surface area contributed by atoms with Crippen molar-refractivity contribution < 1.29 is 28.6 Å². The predicted octanol–water partition coefficient (Wildman–Crippen LogP) is 2.16. The molecule has 0 spiro atoms. The zero-order valence-electron chi connectivity index (χ0n) is 23.7. The molecule has 2 fully saturated rings. The Bertz CT molecular complexity index is 1730. The number of carbonyl (C=O) groups is 2. The Morgan fingerprint density at radius 1 is 1.12 bits per heavy atom. The fraction of sp³-hybridized carbons (Fsp3) is 0.414. The minimum atomic E-state index is -0.687. The van der Waals surface area contributed by atoms with Crippen LogP contribution in [-0.4, -0.2) is 97.3 Å². The Hall–Kier alpha value is -4.14. The van der Waals surface area contributed by atoms with Gasteiger partial charge in [0.05, 0.1) is 25.4 Å². The molecule has 2 amide bonds. The van der Waals surface area contributed by atoms with Gasteiger partial charge in [-0.2, -0.15) is 0 Å². The molecule has 1 N–H and O–H groups in total. The highest BCUT2D eigenvalue weighted by atomic mass is 32.1. The summed E-state index contributed by atoms with van der Waals surface area (Å²) < 4.78 is 28.0. The third-order valence-electron chi connectivity index (χ3n) is 7.52. The predicted molar refractivity (Wildman–Crippen MR) is 155 cm³/mol. The van der Waals surface area contributed by atoms with Gasteiger partial charge in [-0.25, -0.2) is 18.8 Å². The summed E-state index contributed by atoms with van der Waals surface area (Å²) in [5.41, 5.74) is 0.198. The number of aromatic nitrogens is 4. The van der Waals surface area contributed by atoms with Gasteiger partial charge in [0, 0.05) is 61.6 Å². The van der Waals surface area contributed by atoms with E-state index in [0.717, 1.165) is 4.88 Å². The maximum Gasteiger partial charge on any atom is 0.302 e. The van der Waals surface area contributed by atoms with Crippen LogP contribution in [0.5, 0.6) is 5.75 Å². The van der Waals surface area contributed by atoms with E-state index in [1.807, 2.05) is 13.8 Å². The first-order valence-electron chi connectivity index (χ1n) is 14.0. The van der Waals surface area contributed by atoms with Gasteiger partial charge in [0.2, 0.25) is 17.4 Å². The molecule has 0 saturated carbocycles. The third-order valence-corrected chi connectivity index (χ3v) is 8.53. The number of rotatable bonds is 6. The number of thiazole rings is 1. The first-order valence-corrected chi connectivity index (χ1v) is 14.8. The number of hydrogen-bond donors (Lipinski definition) is 1. The molecule has 0 unspecified atom stereocenters. The van der Waals surface area contributed by atoms with Gasteiger partial charge in [-0.1, -0.05) is 6.07 Å². The van der Waals surface area contributed by atoms with Crippen molar-refractivity contribution in [2.45, 2.75) is 39.0 Å². The molecule has 0 aliphatic carbocycles. The molecule has 226 valence electrons. The second kappa shape index (κ2) is 11.9. The normalized spacial score (nSPS) is 19.2. The van der Waals surface area contributed by atoms with E-state index in [2.05, 4.69) is 9.97 Å². The number of amides is 2. The lowest BCUT2D eigenvalue weighted by Crippen LogP contribution is -2.49. The van der Waals surface area contributed by atoms with Gasteiger partial charge < -0.3 is 28.9 Å². The maximum atomic E-state index is 14.2. The van der Waals surface area contributed by atoms with Crippen LogP contribution in [0, 0.1) is 5.82 Å². The van der Waals surface area contributed by atoms with Crippen LogP contribution in [0.2, 0.25) is 0 Å². The van der Waals surface area contributed by atoms with Gasteiger partial charge in [0.1, 0.15) is 17.4 Å². The zero-order chi connectivity index (χ0) is 30.2. The van der Waals surface area contributed by atoms with E-state index in [-0.39, 0.29) is 54.0 Å². The Morgan fingerprint density at radius 3 is 2.60 bits per heavy atom. The molecule has 1 aromatic carbocycles. The average Bonchev–Trinajstić information content (AvgIpc) is 3.62. The standard InChI is InChI=1S/C29H31FN6O6S/c1-17-14-35(15-18(2)42-17)23(37)16-34-5-6-36-28(40)25(38)24(32-29(34)36)26-31-13-21(43-26)11-19-3-4-20(30)12-22(19)27(39)33-7-9-41-10-8-33/h3-6,12-13,17-18,38H,7-11,14-16H2,1-2H3/t17-,18-/m0/s1. The second-order valence-corrected chi connectivity index (χ2v) is 11.9. The maximum absolute atomic E-state index is 14.2. The van der Waals surface area contributed by atoms with Gasteiger partial charge in [-0.05, 0) is 31.5 Å². The molecule has 2 aliphatic rings. The van der Waals surface area contributed by atoms with Crippen molar-refractivity contribution >= 4 is 28.9 Å². The van der Waals surface area contributed by atoms with Crippen molar-refractivity contribution in [3.05, 3.63) is 69.0 Å². The highest BCUT2D eigenvalue weighted by Gasteiger charge is 2.27. The van der Waals surface area contributed by atoms with Gasteiger partial charge in [0.25, 0.3) is 5.91 Å². The van der Waals surface area contributed by atoms with Crippen molar-refractivity contribution in [3.63, 3.8) is 0 Å². The Labute approximate surface area is 249 Å². The highest BCUT2D eigenvalue weighted by Crippen LogP contribution is 2.31. The van der Waals surface area contributed by atoms with Crippen molar-refractivity contribution in [1.29, 1.82) is 0 Å². The molecule has 2 aliphatic heterocycles. The van der Waals surface area contributed by atoms with Crippen LogP contribution in [0.15, 0.2) is 41.6 Å². The van der Waals surface area contributed by atoms with Crippen LogP contribution in [0.4, 0.5) is 4.39 Å². The quantitative estimate of drug-likeness (QED) is 0.352. The molecule has 5 heterocycles. The first-order chi connectivity index (χ1) is 20.7. The summed E-state index contributed by atoms with van der Waals surface area (Å²) in [5, 5.41) is 11.1. The Morgan fingerprint density at radius 2 is 1.86 bits per heavy atom. The number of benzene rings is 1. The lowest BCUT2D eigenvalue weighted by Gasteiger charge is -2.35. The lowest BCUT2D eigenvalue weighted by atomic mass is 10.0. The molecule has 14 heteroatoms. The minimum absolute atomic E-state index is 0.00834. The molecule has 2 saturated heterocycles. The number of imidazole rings is 1. The number of fused-ring (bicyclic) bond motifs is 1. The average molecular weight is 611 g/mol. The monoisotopic (exact) mass is 610 g/mol. The Balaban J connectivity index is 1.27. The number of hydrogen-bond acceptors (Lipinski definition) is 9. The molecule has 0 bridgehead atoms. The molecular formula is C29H31FN6O6S. The van der Waals surface area contributed by atoms with Crippen molar-refractivity contribution in [2.24, 2.45) is 0 Å². The van der Waals surface area contributed by atoms with E-state index < -0.39 is 17.1 Å². The summed E-state index contributed by atoms with van der Waals surface area (Å²) in [7, 11) is 0. The number of carbonyl (C=O) groups excluding carboxylic acids is 2. The van der Waals surface area contributed by atoms with Crippen LogP contribution >= 0.6 is 11.3 Å². The highest BCUT2D eigenvalue weighted by molar-refractivity contribution is 7.15. The van der Waals surface area contributed by atoms with E-state index in [9.17, 15) is 23.9 Å². The van der Waals surface area contributed by atoms with Crippen LogP contribution in [0.3, 0.4) is 0 Å². The summed E-state index contributed by atoms with van der Waals surface area (Å²) in [6.45, 7) is 6.45. The summed E-state index contributed by atoms with van der Waals surface area (Å²) >= 11 is 1.20. The molecule has 0 radical (unpaired) electrons. The largest absolute Gasteiger partial charge is 0.501 e. The first kappa shape index (κ1) is 29.0. The zero-order valence-corrected chi connectivity index (χ0v) is 24.6. The van der Waals surface area contributed by atoms with E-state index in [0.29, 0.717) is 50.0 Å². The SMILES string of the molecule is C[C@H]1CN(C(=O)Cn2ccn3c(=O)c(O)c(-c4ncc(Cc5ccc(F)cc5C(=O)N5CCOCC5)s4)nc23)C[C@H](C)O1. The number of aromatic hydroxyl groups is 1. The van der Waals surface area contributed by atoms with E-state index >= 15 is 0 Å². The van der Waals surface area contributed by atoms with Crippen LogP contribution < -0.4 is 5.56 Å². The fourth-order valence-corrected chi connectivity index (χ4v) is 6.41. The van der Waals surface area contributed by atoms with Crippen molar-refractivity contribution in [2.75, 3.05) is 39.4 Å². The van der Waals surface area contributed by atoms with Crippen LogP contribution in [0.25, 0.3) is 16.5 Å². The fourth-order valence-electron chi connectivity index (χ4n) is 5.49. The molecular weight excluding hydrogens is 579 g/mol. The molecule has 43 heavy (non-hydrogen) atoms. The molecule has 4 aromatic rings. The number of nitrogens with zero attached hydrogens (tertiary/aromatic N) is 6. The molecule has 12 nitrogen and oxygen atoms in total. The minimum Gasteiger partial charge on any atom is -0.501 e. The summed E-state index contributed by atoms with van der Waals surface area (Å²) in [4.78, 5) is 52.4. The topological polar surface area (TPSA) is 132 Å². The molecule has 3 aromatic heterocycles. The summed E-state index contributed by atoms with van der Waals surface area (Å²) in [6, 6.07) is 4.13. The lowest BCUT2D eigenvalue weighted by molar-refractivity contribution is -0.143. The smallest absolute Gasteiger partial charge is 0.302 e. The van der Waals surface area contributed by atoms with Gasteiger partial charge in [-0.15, -0.1) is 11.3 Å². The number of ether oxygens (including phenoxy) is 2. The van der Waals surface area contributed by atoms with E-state index in [4.69, 9.17) is 9.47 Å². The number of morpholine rings is 2. The van der Waals surface area contributed by atoms with Gasteiger partial charge >= 0.3 is 5.56 Å². The van der Waals surface area contributed by atoms with E-state index in [1.54, 1.807) is 32.8 Å². The second-order valence-electron chi connectivity index (χ2n) is 10.8. The van der Waals surface area contributed by atoms with Crippen molar-refractivity contribution in [1.82, 2.24) is 28.7 Å². The molecule has 2 atom stereocenters. The summed E-state index contributed by atoms with van der Waals surface area (Å²) in [6.07, 6.45) is 4.74. The molecule has 6 rings (SSSR count). The van der Waals surface area contributed by atoms with Crippen LogP contribution in [-0.2, 0) is 27.2 Å². The Kier molecular flexibility index (Phi) is 7.99. The van der Waals surface area contributed by atoms with E-state index in [1.165, 1.54) is 34.1 Å². The van der Waals surface area contributed by atoms with Gasteiger partial charge in [0.15, 0.2) is 5.69 Å². The van der Waals surface area contributed by atoms with Crippen molar-refractivity contribution in [3.8, 4) is 16.5 Å². The van der Waals surface area contributed by atoms with Crippen LogP contribution in [0.1, 0.15) is 34.6 Å². The summed E-state index contributed by atoms with van der Waals surface area (Å²) in [5.74, 6) is -1.29. The number of halogens is 1. The third kappa shape index (κ3) is 5.90.